The lowest BCUT2D eigenvalue weighted by Gasteiger charge is -2.15. The van der Waals surface area contributed by atoms with Crippen molar-refractivity contribution < 1.29 is 14.7 Å². The van der Waals surface area contributed by atoms with Crippen molar-refractivity contribution in [1.82, 2.24) is 5.32 Å². The van der Waals surface area contributed by atoms with E-state index in [9.17, 15) is 9.59 Å². The minimum atomic E-state index is -1.10. The van der Waals surface area contributed by atoms with Gasteiger partial charge in [0.2, 0.25) is 5.91 Å². The van der Waals surface area contributed by atoms with Gasteiger partial charge in [0.05, 0.1) is 11.3 Å². The first-order valence-corrected chi connectivity index (χ1v) is 3.68. The van der Waals surface area contributed by atoms with Gasteiger partial charge in [-0.3, -0.25) is 9.79 Å². The zero-order valence-electron chi connectivity index (χ0n) is 6.52. The fraction of sp³-hybridized carbons (Fsp3) is 0.125. The van der Waals surface area contributed by atoms with Gasteiger partial charge in [-0.05, 0) is 6.08 Å². The molecule has 0 saturated carbocycles. The molecule has 0 bridgehead atoms. The third-order valence-electron chi connectivity index (χ3n) is 1.95. The van der Waals surface area contributed by atoms with Crippen LogP contribution in [0.5, 0.6) is 0 Å². The number of nitrogens with one attached hydrogen (secondary N) is 1. The van der Waals surface area contributed by atoms with Crippen molar-refractivity contribution >= 4 is 17.6 Å². The molecule has 0 fully saturated rings. The molecule has 66 valence electrons. The molecule has 0 aliphatic carbocycles. The summed E-state index contributed by atoms with van der Waals surface area (Å²) >= 11 is 0. The Balaban J connectivity index is 2.39. The van der Waals surface area contributed by atoms with Gasteiger partial charge in [0, 0.05) is 12.4 Å². The molecule has 0 aromatic carbocycles. The highest BCUT2D eigenvalue weighted by Crippen LogP contribution is 2.23. The van der Waals surface area contributed by atoms with Gasteiger partial charge in [0.25, 0.3) is 0 Å². The van der Waals surface area contributed by atoms with Gasteiger partial charge >= 0.3 is 5.97 Å². The van der Waals surface area contributed by atoms with Crippen LogP contribution in [0, 0.1) is 5.92 Å². The maximum atomic E-state index is 11.2. The number of carbonyl (C=O) groups is 2. The summed E-state index contributed by atoms with van der Waals surface area (Å²) < 4.78 is 0. The van der Waals surface area contributed by atoms with Gasteiger partial charge in [0.15, 0.2) is 0 Å². The molecule has 1 amide bonds. The van der Waals surface area contributed by atoms with Crippen molar-refractivity contribution in [2.24, 2.45) is 10.9 Å². The number of allylic oxidation sites excluding steroid dienone is 1. The van der Waals surface area contributed by atoms with E-state index < -0.39 is 11.9 Å². The second kappa shape index (κ2) is 2.55. The first kappa shape index (κ1) is 7.72. The zero-order chi connectivity index (χ0) is 9.42. The Morgan fingerprint density at radius 3 is 3.08 bits per heavy atom. The van der Waals surface area contributed by atoms with Crippen LogP contribution >= 0.6 is 0 Å². The number of hydrogen-bond acceptors (Lipinski definition) is 3. The van der Waals surface area contributed by atoms with Gasteiger partial charge in [0.1, 0.15) is 5.92 Å². The fourth-order valence-corrected chi connectivity index (χ4v) is 1.34. The molecular weight excluding hydrogens is 172 g/mol. The standard InChI is InChI=1S/C8H6N2O3/c11-7-6-4(8(12)13)3-10-5(6)1-2-9-7/h1-3,6H,(H,9,11)(H,12,13). The van der Waals surface area contributed by atoms with Crippen LogP contribution in [0.2, 0.25) is 0 Å². The molecule has 1 unspecified atom stereocenters. The molecule has 5 heteroatoms. The number of carboxylic acid groups (broad SMARTS) is 1. The summed E-state index contributed by atoms with van der Waals surface area (Å²) in [4.78, 5) is 25.7. The molecule has 2 N–H and O–H groups in total. The van der Waals surface area contributed by atoms with Crippen molar-refractivity contribution in [3.63, 3.8) is 0 Å². The topological polar surface area (TPSA) is 78.8 Å². The summed E-state index contributed by atoms with van der Waals surface area (Å²) in [6.07, 6.45) is 4.27. The van der Waals surface area contributed by atoms with Crippen molar-refractivity contribution in [2.45, 2.75) is 0 Å². The molecule has 1 atom stereocenters. The smallest absolute Gasteiger partial charge is 0.334 e. The number of nitrogens with zero attached hydrogens (tertiary/aromatic N) is 1. The van der Waals surface area contributed by atoms with Crippen molar-refractivity contribution in [2.75, 3.05) is 0 Å². The second-order valence-corrected chi connectivity index (χ2v) is 2.72. The highest BCUT2D eigenvalue weighted by Gasteiger charge is 2.35. The fourth-order valence-electron chi connectivity index (χ4n) is 1.34. The Labute approximate surface area is 73.5 Å². The van der Waals surface area contributed by atoms with Crippen LogP contribution < -0.4 is 5.32 Å². The van der Waals surface area contributed by atoms with Crippen molar-refractivity contribution in [1.29, 1.82) is 0 Å². The molecule has 5 nitrogen and oxygen atoms in total. The molecule has 2 rings (SSSR count). The Bertz CT molecular complexity index is 379. The highest BCUT2D eigenvalue weighted by atomic mass is 16.4. The summed E-state index contributed by atoms with van der Waals surface area (Å²) in [5, 5.41) is 11.2. The minimum absolute atomic E-state index is 0.0249. The summed E-state index contributed by atoms with van der Waals surface area (Å²) in [5.74, 6) is -2.18. The maximum absolute atomic E-state index is 11.2. The average Bonchev–Trinajstić information content (AvgIpc) is 2.49. The molecule has 2 aliphatic heterocycles. The van der Waals surface area contributed by atoms with E-state index >= 15 is 0 Å². The van der Waals surface area contributed by atoms with Crippen LogP contribution in [0.25, 0.3) is 0 Å². The van der Waals surface area contributed by atoms with E-state index in [0.29, 0.717) is 5.71 Å². The lowest BCUT2D eigenvalue weighted by molar-refractivity contribution is -0.134. The van der Waals surface area contributed by atoms with E-state index in [0.717, 1.165) is 0 Å². The van der Waals surface area contributed by atoms with Crippen LogP contribution in [-0.2, 0) is 9.59 Å². The maximum Gasteiger partial charge on any atom is 0.334 e. The van der Waals surface area contributed by atoms with E-state index in [1.54, 1.807) is 6.08 Å². The quantitative estimate of drug-likeness (QED) is 0.577. The van der Waals surface area contributed by atoms with E-state index in [2.05, 4.69) is 10.3 Å². The van der Waals surface area contributed by atoms with Gasteiger partial charge in [-0.15, -0.1) is 0 Å². The van der Waals surface area contributed by atoms with Gasteiger partial charge in [-0.1, -0.05) is 0 Å². The molecule has 0 saturated heterocycles. The van der Waals surface area contributed by atoms with Gasteiger partial charge < -0.3 is 10.4 Å². The Hall–Kier alpha value is -1.91. The number of carboxylic acids is 1. The minimum Gasteiger partial charge on any atom is -0.478 e. The number of rotatable bonds is 1. The van der Waals surface area contributed by atoms with Crippen LogP contribution in [0.15, 0.2) is 29.0 Å². The predicted molar refractivity (Wildman–Crippen MR) is 43.9 cm³/mol. The molecule has 2 heterocycles. The van der Waals surface area contributed by atoms with Crippen molar-refractivity contribution in [3.8, 4) is 0 Å². The molecule has 2 aliphatic rings. The van der Waals surface area contributed by atoms with E-state index in [1.165, 1.54) is 12.4 Å². The number of hydrogen-bond donors (Lipinski definition) is 2. The first-order valence-electron chi connectivity index (χ1n) is 3.68. The molecule has 0 radical (unpaired) electrons. The molecule has 13 heavy (non-hydrogen) atoms. The Kier molecular flexibility index (Phi) is 1.51. The number of aliphatic imine (C=N–C) groups is 1. The van der Waals surface area contributed by atoms with Crippen LogP contribution in [0.1, 0.15) is 0 Å². The van der Waals surface area contributed by atoms with E-state index in [-0.39, 0.29) is 11.5 Å². The molecule has 0 spiro atoms. The third-order valence-corrected chi connectivity index (χ3v) is 1.95. The molecule has 0 aromatic rings. The number of carbonyl (C=O) groups excluding carboxylic acids is 1. The van der Waals surface area contributed by atoms with E-state index in [1.807, 2.05) is 0 Å². The largest absolute Gasteiger partial charge is 0.478 e. The lowest BCUT2D eigenvalue weighted by Crippen LogP contribution is -2.36. The zero-order valence-corrected chi connectivity index (χ0v) is 6.52. The number of aliphatic carboxylic acids is 1. The Morgan fingerprint density at radius 1 is 1.62 bits per heavy atom. The third kappa shape index (κ3) is 1.05. The molecule has 0 aromatic heterocycles. The van der Waals surface area contributed by atoms with Crippen LogP contribution in [-0.4, -0.2) is 22.7 Å². The Morgan fingerprint density at radius 2 is 2.38 bits per heavy atom. The predicted octanol–water partition coefficient (Wildman–Crippen LogP) is -0.331. The van der Waals surface area contributed by atoms with E-state index in [4.69, 9.17) is 5.11 Å². The summed E-state index contributed by atoms with van der Waals surface area (Å²) in [6, 6.07) is 0. The van der Waals surface area contributed by atoms with Crippen LogP contribution in [0.3, 0.4) is 0 Å². The average molecular weight is 178 g/mol. The second-order valence-electron chi connectivity index (χ2n) is 2.72. The summed E-state index contributed by atoms with van der Waals surface area (Å²) in [7, 11) is 0. The van der Waals surface area contributed by atoms with Crippen LogP contribution in [0.4, 0.5) is 0 Å². The lowest BCUT2D eigenvalue weighted by atomic mass is 9.94. The van der Waals surface area contributed by atoms with Gasteiger partial charge in [-0.25, -0.2) is 4.79 Å². The number of amides is 1. The number of fused-ring (bicyclic) bond motifs is 1. The summed E-state index contributed by atoms with van der Waals surface area (Å²) in [5.41, 5.74) is 0.512. The highest BCUT2D eigenvalue weighted by molar-refractivity contribution is 6.20. The monoisotopic (exact) mass is 178 g/mol. The normalized spacial score (nSPS) is 24.6. The molecular formula is C8H6N2O3. The van der Waals surface area contributed by atoms with Gasteiger partial charge in [-0.2, -0.15) is 0 Å². The first-order chi connectivity index (χ1) is 6.20. The summed E-state index contributed by atoms with van der Waals surface area (Å²) in [6.45, 7) is 0. The SMILES string of the molecule is O=C(O)C1=CN=C2C=CNC(=O)C12. The van der Waals surface area contributed by atoms with Crippen molar-refractivity contribution in [3.05, 3.63) is 24.0 Å².